The lowest BCUT2D eigenvalue weighted by molar-refractivity contribution is -0.138. The zero-order valence-corrected chi connectivity index (χ0v) is 15.4. The molecule has 5 heteroatoms. The quantitative estimate of drug-likeness (QED) is 0.880. The Morgan fingerprint density at radius 3 is 2.88 bits per heavy atom. The summed E-state index contributed by atoms with van der Waals surface area (Å²) in [6, 6.07) is 8.23. The van der Waals surface area contributed by atoms with Gasteiger partial charge in [-0.1, -0.05) is 24.3 Å². The van der Waals surface area contributed by atoms with Gasteiger partial charge in [-0.15, -0.1) is 11.8 Å². The zero-order chi connectivity index (χ0) is 17.2. The van der Waals surface area contributed by atoms with Crippen LogP contribution < -0.4 is 5.32 Å². The molecule has 2 atom stereocenters. The summed E-state index contributed by atoms with van der Waals surface area (Å²) in [5, 5.41) is 3.04. The smallest absolute Gasteiger partial charge is 0.243 e. The van der Waals surface area contributed by atoms with Crippen LogP contribution in [0.4, 0.5) is 0 Å². The third-order valence-electron chi connectivity index (χ3n) is 5.68. The number of nitrogens with zero attached hydrogens (tertiary/aromatic N) is 1. The maximum absolute atomic E-state index is 12.9. The molecule has 1 heterocycles. The maximum atomic E-state index is 12.9. The third-order valence-corrected chi connectivity index (χ3v) is 6.69. The molecule has 3 aliphatic rings. The highest BCUT2D eigenvalue weighted by Crippen LogP contribution is 2.35. The summed E-state index contributed by atoms with van der Waals surface area (Å²) >= 11 is 1.69. The Labute approximate surface area is 153 Å². The summed E-state index contributed by atoms with van der Waals surface area (Å²) in [6.07, 6.45) is 6.32. The molecule has 0 unspecified atom stereocenters. The van der Waals surface area contributed by atoms with E-state index in [0.717, 1.165) is 31.6 Å². The number of carbonyl (C=O) groups excluding carboxylic acids is 2. The molecule has 0 bridgehead atoms. The van der Waals surface area contributed by atoms with Crippen LogP contribution in [0.1, 0.15) is 49.1 Å². The topological polar surface area (TPSA) is 49.4 Å². The van der Waals surface area contributed by atoms with Crippen LogP contribution in [-0.4, -0.2) is 40.9 Å². The van der Waals surface area contributed by atoms with E-state index in [1.807, 2.05) is 4.90 Å². The van der Waals surface area contributed by atoms with Crippen LogP contribution in [0, 0.1) is 5.92 Å². The van der Waals surface area contributed by atoms with Gasteiger partial charge in [-0.05, 0) is 55.1 Å². The molecule has 1 N–H and O–H groups in total. The fraction of sp³-hybridized carbons (Fsp3) is 0.600. The lowest BCUT2D eigenvalue weighted by atomic mass is 9.81. The number of amides is 2. The van der Waals surface area contributed by atoms with Gasteiger partial charge in [0.1, 0.15) is 6.04 Å². The molecule has 4 rings (SSSR count). The molecule has 0 aromatic heterocycles. The van der Waals surface area contributed by atoms with Gasteiger partial charge >= 0.3 is 0 Å². The Balaban J connectivity index is 1.39. The molecular formula is C20H26N2O2S. The van der Waals surface area contributed by atoms with Crippen LogP contribution in [0.25, 0.3) is 0 Å². The van der Waals surface area contributed by atoms with E-state index >= 15 is 0 Å². The van der Waals surface area contributed by atoms with Crippen LogP contribution in [-0.2, 0) is 16.0 Å². The molecule has 25 heavy (non-hydrogen) atoms. The highest BCUT2D eigenvalue weighted by atomic mass is 32.2. The van der Waals surface area contributed by atoms with E-state index in [1.54, 1.807) is 11.8 Å². The Morgan fingerprint density at radius 1 is 1.20 bits per heavy atom. The molecule has 4 nitrogen and oxygen atoms in total. The Bertz CT molecular complexity index is 659. The first-order valence-corrected chi connectivity index (χ1v) is 10.6. The van der Waals surface area contributed by atoms with Crippen molar-refractivity contribution >= 4 is 23.6 Å². The van der Waals surface area contributed by atoms with E-state index in [4.69, 9.17) is 0 Å². The molecule has 1 aromatic carbocycles. The minimum atomic E-state index is -0.282. The summed E-state index contributed by atoms with van der Waals surface area (Å²) < 4.78 is 0. The van der Waals surface area contributed by atoms with Gasteiger partial charge in [-0.25, -0.2) is 0 Å². The van der Waals surface area contributed by atoms with Crippen LogP contribution in [0.5, 0.6) is 0 Å². The average Bonchev–Trinajstić information content (AvgIpc) is 3.33. The van der Waals surface area contributed by atoms with E-state index in [1.165, 1.54) is 24.0 Å². The molecule has 134 valence electrons. The van der Waals surface area contributed by atoms with E-state index < -0.39 is 0 Å². The first kappa shape index (κ1) is 17.0. The van der Waals surface area contributed by atoms with Crippen molar-refractivity contribution in [3.05, 3.63) is 35.4 Å². The molecule has 1 aliphatic heterocycles. The molecule has 2 amide bonds. The summed E-state index contributed by atoms with van der Waals surface area (Å²) in [5.74, 6) is 2.52. The third kappa shape index (κ3) is 3.86. The van der Waals surface area contributed by atoms with Crippen molar-refractivity contribution in [2.24, 2.45) is 5.92 Å². The van der Waals surface area contributed by atoms with Crippen molar-refractivity contribution < 1.29 is 9.59 Å². The minimum Gasteiger partial charge on any atom is -0.354 e. The number of hydrogen-bond donors (Lipinski definition) is 1. The largest absolute Gasteiger partial charge is 0.354 e. The second-order valence-corrected chi connectivity index (χ2v) is 8.56. The number of rotatable bonds is 5. The van der Waals surface area contributed by atoms with Crippen LogP contribution >= 0.6 is 11.8 Å². The van der Waals surface area contributed by atoms with Crippen molar-refractivity contribution in [2.45, 2.75) is 50.5 Å². The molecule has 1 saturated heterocycles. The predicted molar refractivity (Wildman–Crippen MR) is 100 cm³/mol. The van der Waals surface area contributed by atoms with Crippen LogP contribution in [0.15, 0.2) is 24.3 Å². The lowest BCUT2D eigenvalue weighted by Gasteiger charge is -2.28. The van der Waals surface area contributed by atoms with Crippen molar-refractivity contribution in [3.8, 4) is 0 Å². The van der Waals surface area contributed by atoms with Gasteiger partial charge in [0, 0.05) is 18.7 Å². The van der Waals surface area contributed by atoms with Gasteiger partial charge in [-0.3, -0.25) is 9.59 Å². The predicted octanol–water partition coefficient (Wildman–Crippen LogP) is 2.92. The van der Waals surface area contributed by atoms with Crippen LogP contribution in [0.2, 0.25) is 0 Å². The number of fused-ring (bicyclic) bond motifs is 1. The normalized spacial score (nSPS) is 25.5. The molecule has 1 saturated carbocycles. The van der Waals surface area contributed by atoms with Crippen LogP contribution in [0.3, 0.4) is 0 Å². The number of thioether (sulfide) groups is 1. The SMILES string of the molecule is O=C(NCC1CC1)[C@H]1CSCN1C(=O)C[C@@H]1CCCc2ccccc21. The number of aryl methyl sites for hydroxylation is 1. The first-order valence-electron chi connectivity index (χ1n) is 9.45. The van der Waals surface area contributed by atoms with Gasteiger partial charge in [0.15, 0.2) is 0 Å². The van der Waals surface area contributed by atoms with Gasteiger partial charge < -0.3 is 10.2 Å². The number of benzene rings is 1. The van der Waals surface area contributed by atoms with Gasteiger partial charge in [0.2, 0.25) is 11.8 Å². The Morgan fingerprint density at radius 2 is 2.04 bits per heavy atom. The van der Waals surface area contributed by atoms with E-state index in [0.29, 0.717) is 24.1 Å². The Hall–Kier alpha value is -1.49. The Kier molecular flexibility index (Phi) is 5.02. The second kappa shape index (κ2) is 7.40. The van der Waals surface area contributed by atoms with Crippen molar-refractivity contribution in [1.29, 1.82) is 0 Å². The van der Waals surface area contributed by atoms with Gasteiger partial charge in [-0.2, -0.15) is 0 Å². The zero-order valence-electron chi connectivity index (χ0n) is 14.6. The molecule has 0 radical (unpaired) electrons. The van der Waals surface area contributed by atoms with E-state index in [2.05, 4.69) is 29.6 Å². The highest BCUT2D eigenvalue weighted by molar-refractivity contribution is 7.99. The monoisotopic (exact) mass is 358 g/mol. The fourth-order valence-electron chi connectivity index (χ4n) is 3.98. The van der Waals surface area contributed by atoms with E-state index in [-0.39, 0.29) is 17.9 Å². The molecule has 1 aromatic rings. The summed E-state index contributed by atoms with van der Waals surface area (Å²) in [7, 11) is 0. The number of hydrogen-bond acceptors (Lipinski definition) is 3. The maximum Gasteiger partial charge on any atom is 0.243 e. The molecule has 2 aliphatic carbocycles. The standard InChI is InChI=1S/C20H26N2O2S/c23-19(10-16-6-3-5-15-4-1-2-7-17(15)16)22-13-25-12-18(22)20(24)21-11-14-8-9-14/h1-2,4,7,14,16,18H,3,5-6,8-13H2,(H,21,24)/t16-,18+/m0/s1. The molecule has 0 spiro atoms. The molecule has 2 fully saturated rings. The highest BCUT2D eigenvalue weighted by Gasteiger charge is 2.36. The molecular weight excluding hydrogens is 332 g/mol. The summed E-state index contributed by atoms with van der Waals surface area (Å²) in [4.78, 5) is 27.2. The van der Waals surface area contributed by atoms with E-state index in [9.17, 15) is 9.59 Å². The summed E-state index contributed by atoms with van der Waals surface area (Å²) in [5.41, 5.74) is 2.73. The number of carbonyl (C=O) groups is 2. The average molecular weight is 359 g/mol. The lowest BCUT2D eigenvalue weighted by Crippen LogP contribution is -2.48. The first-order chi connectivity index (χ1) is 12.2. The van der Waals surface area contributed by atoms with Crippen molar-refractivity contribution in [1.82, 2.24) is 10.2 Å². The van der Waals surface area contributed by atoms with Crippen molar-refractivity contribution in [2.75, 3.05) is 18.2 Å². The fourth-order valence-corrected chi connectivity index (χ4v) is 5.17. The number of nitrogens with one attached hydrogen (secondary N) is 1. The van der Waals surface area contributed by atoms with Gasteiger partial charge in [0.25, 0.3) is 0 Å². The minimum absolute atomic E-state index is 0.0364. The summed E-state index contributed by atoms with van der Waals surface area (Å²) in [6.45, 7) is 0.776. The van der Waals surface area contributed by atoms with Gasteiger partial charge in [0.05, 0.1) is 5.88 Å². The second-order valence-electron chi connectivity index (χ2n) is 7.56. The van der Waals surface area contributed by atoms with Crippen molar-refractivity contribution in [3.63, 3.8) is 0 Å².